The Labute approximate surface area is 122 Å². The molecule has 108 valence electrons. The molecule has 0 unspecified atom stereocenters. The van der Waals surface area contributed by atoms with E-state index in [1.54, 1.807) is 0 Å². The number of likely N-dealkylation sites (N-methyl/N-ethyl adjacent to an activating group) is 1. The molecule has 0 atom stereocenters. The molecule has 1 heterocycles. The highest BCUT2D eigenvalue weighted by atomic mass is 32.1. The van der Waals surface area contributed by atoms with Crippen LogP contribution in [0.5, 0.6) is 0 Å². The van der Waals surface area contributed by atoms with Gasteiger partial charge in [0.2, 0.25) is 0 Å². The zero-order chi connectivity index (χ0) is 13.7. The summed E-state index contributed by atoms with van der Waals surface area (Å²) < 4.78 is 0. The SMILES string of the molecule is CCCC1CCC(CN)(N(C)Cc2cccs2)CC1. The second kappa shape index (κ2) is 6.87. The molecule has 3 heteroatoms. The molecule has 1 fully saturated rings. The van der Waals surface area contributed by atoms with Gasteiger partial charge in [-0.15, -0.1) is 11.3 Å². The fraction of sp³-hybridized carbons (Fsp3) is 0.750. The Balaban J connectivity index is 1.95. The van der Waals surface area contributed by atoms with Gasteiger partial charge in [-0.05, 0) is 50.1 Å². The van der Waals surface area contributed by atoms with Crippen molar-refractivity contribution in [3.63, 3.8) is 0 Å². The van der Waals surface area contributed by atoms with Gasteiger partial charge in [0, 0.05) is 23.5 Å². The lowest BCUT2D eigenvalue weighted by molar-refractivity contribution is 0.0577. The lowest BCUT2D eigenvalue weighted by Gasteiger charge is -2.46. The number of hydrogen-bond donors (Lipinski definition) is 1. The zero-order valence-corrected chi connectivity index (χ0v) is 13.2. The van der Waals surface area contributed by atoms with Gasteiger partial charge in [-0.1, -0.05) is 25.8 Å². The zero-order valence-electron chi connectivity index (χ0n) is 12.4. The van der Waals surface area contributed by atoms with Crippen LogP contribution in [-0.2, 0) is 6.54 Å². The molecule has 0 aromatic carbocycles. The van der Waals surface area contributed by atoms with Crippen LogP contribution < -0.4 is 5.73 Å². The monoisotopic (exact) mass is 280 g/mol. The third-order valence-electron chi connectivity index (χ3n) is 4.90. The van der Waals surface area contributed by atoms with Gasteiger partial charge in [0.25, 0.3) is 0 Å². The Morgan fingerprint density at radius 2 is 2.16 bits per heavy atom. The summed E-state index contributed by atoms with van der Waals surface area (Å²) in [6, 6.07) is 4.37. The van der Waals surface area contributed by atoms with E-state index < -0.39 is 0 Å². The van der Waals surface area contributed by atoms with Crippen molar-refractivity contribution in [1.29, 1.82) is 0 Å². The van der Waals surface area contributed by atoms with E-state index >= 15 is 0 Å². The van der Waals surface area contributed by atoms with E-state index in [9.17, 15) is 0 Å². The number of nitrogens with zero attached hydrogens (tertiary/aromatic N) is 1. The largest absolute Gasteiger partial charge is 0.329 e. The van der Waals surface area contributed by atoms with Crippen LogP contribution in [0.25, 0.3) is 0 Å². The van der Waals surface area contributed by atoms with Crippen LogP contribution in [0.1, 0.15) is 50.3 Å². The van der Waals surface area contributed by atoms with Crippen LogP contribution in [0.2, 0.25) is 0 Å². The maximum Gasteiger partial charge on any atom is 0.0332 e. The minimum atomic E-state index is 0.244. The molecule has 0 saturated heterocycles. The molecule has 0 spiro atoms. The Bertz CT molecular complexity index is 353. The minimum Gasteiger partial charge on any atom is -0.329 e. The van der Waals surface area contributed by atoms with Gasteiger partial charge in [-0.25, -0.2) is 0 Å². The molecular formula is C16H28N2S. The minimum absolute atomic E-state index is 0.244. The van der Waals surface area contributed by atoms with Crippen molar-refractivity contribution >= 4 is 11.3 Å². The van der Waals surface area contributed by atoms with E-state index in [1.807, 2.05) is 11.3 Å². The normalized spacial score (nSPS) is 27.9. The number of nitrogens with two attached hydrogens (primary N) is 1. The summed E-state index contributed by atoms with van der Waals surface area (Å²) in [5.41, 5.74) is 6.39. The average molecular weight is 280 g/mol. The van der Waals surface area contributed by atoms with Crippen molar-refractivity contribution in [3.8, 4) is 0 Å². The highest BCUT2D eigenvalue weighted by molar-refractivity contribution is 7.09. The summed E-state index contributed by atoms with van der Waals surface area (Å²) in [6.45, 7) is 4.15. The van der Waals surface area contributed by atoms with Crippen LogP contribution in [0.4, 0.5) is 0 Å². The first-order chi connectivity index (χ1) is 9.20. The lowest BCUT2D eigenvalue weighted by Crippen LogP contribution is -2.53. The molecule has 19 heavy (non-hydrogen) atoms. The predicted octanol–water partition coefficient (Wildman–Crippen LogP) is 3.87. The quantitative estimate of drug-likeness (QED) is 0.857. The summed E-state index contributed by atoms with van der Waals surface area (Å²) in [6.07, 6.45) is 7.99. The average Bonchev–Trinajstić information content (AvgIpc) is 2.93. The molecule has 0 bridgehead atoms. The number of thiophene rings is 1. The third-order valence-corrected chi connectivity index (χ3v) is 5.76. The van der Waals surface area contributed by atoms with Crippen molar-refractivity contribution in [2.24, 2.45) is 11.7 Å². The molecule has 1 aromatic rings. The lowest BCUT2D eigenvalue weighted by atomic mass is 9.74. The predicted molar refractivity (Wildman–Crippen MR) is 84.4 cm³/mol. The molecular weight excluding hydrogens is 252 g/mol. The van der Waals surface area contributed by atoms with Gasteiger partial charge in [0.15, 0.2) is 0 Å². The molecule has 1 saturated carbocycles. The second-order valence-electron chi connectivity index (χ2n) is 6.10. The highest BCUT2D eigenvalue weighted by Crippen LogP contribution is 2.37. The maximum atomic E-state index is 6.15. The van der Waals surface area contributed by atoms with Gasteiger partial charge < -0.3 is 5.73 Å². The molecule has 1 aromatic heterocycles. The van der Waals surface area contributed by atoms with E-state index in [2.05, 4.69) is 36.4 Å². The van der Waals surface area contributed by atoms with Crippen molar-refractivity contribution in [1.82, 2.24) is 4.90 Å². The van der Waals surface area contributed by atoms with Crippen molar-refractivity contribution < 1.29 is 0 Å². The Morgan fingerprint density at radius 3 is 2.68 bits per heavy atom. The van der Waals surface area contributed by atoms with Crippen molar-refractivity contribution in [3.05, 3.63) is 22.4 Å². The van der Waals surface area contributed by atoms with E-state index in [0.717, 1.165) is 19.0 Å². The van der Waals surface area contributed by atoms with Crippen LogP contribution in [0, 0.1) is 5.92 Å². The molecule has 1 aliphatic carbocycles. The van der Waals surface area contributed by atoms with E-state index in [4.69, 9.17) is 5.73 Å². The van der Waals surface area contributed by atoms with E-state index in [-0.39, 0.29) is 5.54 Å². The number of rotatable bonds is 6. The summed E-state index contributed by atoms with van der Waals surface area (Å²) in [5.74, 6) is 0.944. The molecule has 2 rings (SSSR count). The molecule has 2 N–H and O–H groups in total. The number of hydrogen-bond acceptors (Lipinski definition) is 3. The summed E-state index contributed by atoms with van der Waals surface area (Å²) >= 11 is 1.85. The molecule has 1 aliphatic rings. The van der Waals surface area contributed by atoms with Crippen LogP contribution >= 0.6 is 11.3 Å². The summed E-state index contributed by atoms with van der Waals surface area (Å²) in [5, 5.41) is 2.16. The van der Waals surface area contributed by atoms with Gasteiger partial charge in [-0.3, -0.25) is 4.90 Å². The first-order valence-electron chi connectivity index (χ1n) is 7.64. The fourth-order valence-corrected chi connectivity index (χ4v) is 4.21. The fourth-order valence-electron chi connectivity index (χ4n) is 3.46. The molecule has 0 aliphatic heterocycles. The van der Waals surface area contributed by atoms with Gasteiger partial charge in [0.1, 0.15) is 0 Å². The Morgan fingerprint density at radius 1 is 1.42 bits per heavy atom. The van der Waals surface area contributed by atoms with Crippen molar-refractivity contribution in [2.45, 2.75) is 57.5 Å². The third kappa shape index (κ3) is 3.59. The smallest absolute Gasteiger partial charge is 0.0332 e. The van der Waals surface area contributed by atoms with Crippen LogP contribution in [0.3, 0.4) is 0 Å². The molecule has 0 radical (unpaired) electrons. The first kappa shape index (κ1) is 15.0. The standard InChI is InChI=1S/C16H28N2S/c1-3-5-14-7-9-16(13-17,10-8-14)18(2)12-15-6-4-11-19-15/h4,6,11,14H,3,5,7-10,12-13,17H2,1-2H3. The van der Waals surface area contributed by atoms with Gasteiger partial charge in [-0.2, -0.15) is 0 Å². The van der Waals surface area contributed by atoms with Crippen LogP contribution in [0.15, 0.2) is 17.5 Å². The van der Waals surface area contributed by atoms with E-state index in [1.165, 1.54) is 43.4 Å². The van der Waals surface area contributed by atoms with Crippen LogP contribution in [-0.4, -0.2) is 24.0 Å². The molecule has 2 nitrogen and oxygen atoms in total. The highest BCUT2D eigenvalue weighted by Gasteiger charge is 2.37. The van der Waals surface area contributed by atoms with Gasteiger partial charge >= 0.3 is 0 Å². The topological polar surface area (TPSA) is 29.3 Å². The summed E-state index contributed by atoms with van der Waals surface area (Å²) in [4.78, 5) is 3.96. The second-order valence-corrected chi connectivity index (χ2v) is 7.13. The van der Waals surface area contributed by atoms with Gasteiger partial charge in [0.05, 0.1) is 0 Å². The van der Waals surface area contributed by atoms with Crippen molar-refractivity contribution in [2.75, 3.05) is 13.6 Å². The summed E-state index contributed by atoms with van der Waals surface area (Å²) in [7, 11) is 2.26. The van der Waals surface area contributed by atoms with E-state index in [0.29, 0.717) is 0 Å². The Kier molecular flexibility index (Phi) is 5.43. The molecule has 0 amide bonds. The Hall–Kier alpha value is -0.380. The first-order valence-corrected chi connectivity index (χ1v) is 8.52. The maximum absolute atomic E-state index is 6.15.